The zero-order valence-corrected chi connectivity index (χ0v) is 56.0. The highest BCUT2D eigenvalue weighted by atomic mass is 31.2. The second-order valence-electron chi connectivity index (χ2n) is 22.2. The largest absolute Gasteiger partial charge is 0.472 e. The summed E-state index contributed by atoms with van der Waals surface area (Å²) in [5.41, 5.74) is 0. The van der Waals surface area contributed by atoms with Crippen LogP contribution in [-0.2, 0) is 55.8 Å². The fourth-order valence-corrected chi connectivity index (χ4v) is 10.2. The highest BCUT2D eigenvalue weighted by Gasteiger charge is 2.29. The van der Waals surface area contributed by atoms with E-state index < -0.39 is 91.5 Å². The van der Waals surface area contributed by atoms with Crippen LogP contribution in [0.15, 0.2) is 97.2 Å². The summed E-state index contributed by atoms with van der Waals surface area (Å²) in [6.45, 7) is 2.48. The minimum atomic E-state index is -4.92. The maximum Gasteiger partial charge on any atom is 0.472 e. The highest BCUT2D eigenvalue weighted by Crippen LogP contribution is 2.45. The van der Waals surface area contributed by atoms with Gasteiger partial charge in [0.25, 0.3) is 0 Å². The summed E-state index contributed by atoms with van der Waals surface area (Å²) in [5.74, 6) is -1.62. The molecule has 5 atom stereocenters. The number of aliphatic hydroxyl groups excluding tert-OH is 2. The summed E-state index contributed by atoms with van der Waals surface area (Å²) >= 11 is 0. The quantitative estimate of drug-likeness (QED) is 0.0146. The van der Waals surface area contributed by atoms with Crippen LogP contribution in [0, 0.1) is 0 Å². The number of phosphoric ester groups is 2. The Balaban J connectivity index is 4.62. The number of carbonyl (C=O) groups is 3. The number of aliphatic hydroxyl groups is 2. The standard InChI is InChI=1S/C69H120O16P2/c1-4-7-10-13-16-19-22-25-27-28-29-30-31-32-33-34-36-39-40-43-46-49-52-55-67(72)79-58-64(70)59-81-86(75,76)82-60-65(71)61-83-87(77,78)84-63-66(85-69(74)57-54-51-48-45-42-37-24-21-18-15-12-9-6-3)62-80-68(73)56-53-50-47-44-41-38-35-26-23-20-17-14-11-8-5-2/h7,10,16,19,21,24-27,29-30,32-33,35-36,39,64-66,70-71H,4-6,8-9,11-15,17-18,20,22-23,28,31,34,37-38,40-63H2,1-3H3,(H,75,76)(H,77,78)/b10-7-,19-16-,24-21-,27-25-,30-29-,33-32-,35-26-,39-36-. The number of hydrogen-bond acceptors (Lipinski definition) is 14. The van der Waals surface area contributed by atoms with Gasteiger partial charge in [0.2, 0.25) is 0 Å². The fourth-order valence-electron chi connectivity index (χ4n) is 8.62. The van der Waals surface area contributed by atoms with Gasteiger partial charge in [-0.2, -0.15) is 0 Å². The van der Waals surface area contributed by atoms with Gasteiger partial charge in [-0.3, -0.25) is 32.5 Å². The van der Waals surface area contributed by atoms with Crippen LogP contribution in [0.3, 0.4) is 0 Å². The van der Waals surface area contributed by atoms with Crippen molar-refractivity contribution >= 4 is 33.6 Å². The number of ether oxygens (including phenoxy) is 3. The lowest BCUT2D eigenvalue weighted by atomic mass is 10.1. The Morgan fingerprint density at radius 2 is 0.609 bits per heavy atom. The Morgan fingerprint density at radius 3 is 0.989 bits per heavy atom. The Kier molecular flexibility index (Phi) is 60.1. The molecule has 0 heterocycles. The number of rotatable bonds is 63. The molecule has 16 nitrogen and oxygen atoms in total. The first kappa shape index (κ1) is 83.5. The Morgan fingerprint density at radius 1 is 0.333 bits per heavy atom. The van der Waals surface area contributed by atoms with Crippen LogP contribution in [0.4, 0.5) is 0 Å². The van der Waals surface area contributed by atoms with Crippen LogP contribution in [0.5, 0.6) is 0 Å². The van der Waals surface area contributed by atoms with Gasteiger partial charge in [-0.25, -0.2) is 9.13 Å². The van der Waals surface area contributed by atoms with Crippen molar-refractivity contribution in [2.24, 2.45) is 0 Å². The van der Waals surface area contributed by atoms with Gasteiger partial charge < -0.3 is 34.2 Å². The molecule has 0 aromatic rings. The van der Waals surface area contributed by atoms with Gasteiger partial charge in [0, 0.05) is 19.3 Å². The molecule has 0 bridgehead atoms. The molecule has 0 saturated carbocycles. The molecule has 5 unspecified atom stereocenters. The predicted molar refractivity (Wildman–Crippen MR) is 353 cm³/mol. The molecule has 502 valence electrons. The van der Waals surface area contributed by atoms with Crippen molar-refractivity contribution in [3.05, 3.63) is 97.2 Å². The van der Waals surface area contributed by atoms with Crippen LogP contribution in [0.1, 0.15) is 265 Å². The number of hydrogen-bond donors (Lipinski definition) is 4. The second kappa shape index (κ2) is 62.7. The Bertz CT molecular complexity index is 1980. The molecule has 18 heteroatoms. The zero-order chi connectivity index (χ0) is 63.8. The zero-order valence-electron chi connectivity index (χ0n) is 54.2. The van der Waals surface area contributed by atoms with Gasteiger partial charge in [0.15, 0.2) is 6.10 Å². The van der Waals surface area contributed by atoms with Crippen molar-refractivity contribution in [2.75, 3.05) is 39.6 Å². The van der Waals surface area contributed by atoms with E-state index in [2.05, 4.69) is 118 Å². The van der Waals surface area contributed by atoms with Gasteiger partial charge >= 0.3 is 33.6 Å². The molecule has 4 N–H and O–H groups in total. The minimum Gasteiger partial charge on any atom is -0.463 e. The van der Waals surface area contributed by atoms with Crippen molar-refractivity contribution in [3.63, 3.8) is 0 Å². The second-order valence-corrected chi connectivity index (χ2v) is 25.1. The normalized spacial score (nSPS) is 14.9. The van der Waals surface area contributed by atoms with Crippen LogP contribution in [-0.4, -0.2) is 95.9 Å². The van der Waals surface area contributed by atoms with E-state index in [1.54, 1.807) is 0 Å². The summed E-state index contributed by atoms with van der Waals surface area (Å²) in [4.78, 5) is 58.3. The maximum absolute atomic E-state index is 12.9. The number of carbonyl (C=O) groups excluding carboxylic acids is 3. The third-order valence-corrected chi connectivity index (χ3v) is 15.7. The summed E-state index contributed by atoms with van der Waals surface area (Å²) < 4.78 is 60.8. The highest BCUT2D eigenvalue weighted by molar-refractivity contribution is 7.47. The molecule has 0 aliphatic heterocycles. The maximum atomic E-state index is 12.9. The summed E-state index contributed by atoms with van der Waals surface area (Å²) in [7, 11) is -9.78. The van der Waals surface area contributed by atoms with Crippen molar-refractivity contribution in [1.29, 1.82) is 0 Å². The van der Waals surface area contributed by atoms with Crippen molar-refractivity contribution in [1.82, 2.24) is 0 Å². The lowest BCUT2D eigenvalue weighted by Gasteiger charge is -2.21. The predicted octanol–water partition coefficient (Wildman–Crippen LogP) is 18.3. The van der Waals surface area contributed by atoms with Crippen molar-refractivity contribution in [2.45, 2.75) is 283 Å². The number of unbranched alkanes of at least 4 members (excludes halogenated alkanes) is 24. The smallest absolute Gasteiger partial charge is 0.463 e. The monoisotopic (exact) mass is 1270 g/mol. The van der Waals surface area contributed by atoms with Crippen LogP contribution < -0.4 is 0 Å². The first-order valence-electron chi connectivity index (χ1n) is 33.5. The third kappa shape index (κ3) is 63.8. The van der Waals surface area contributed by atoms with Gasteiger partial charge in [0.1, 0.15) is 25.4 Å². The third-order valence-electron chi connectivity index (χ3n) is 13.8. The molecule has 0 spiro atoms. The average molecular weight is 1270 g/mol. The van der Waals surface area contributed by atoms with Gasteiger partial charge in [0.05, 0.1) is 26.4 Å². The lowest BCUT2D eigenvalue weighted by Crippen LogP contribution is -2.30. The average Bonchev–Trinajstić information content (AvgIpc) is 3.63. The molecule has 0 rings (SSSR count). The van der Waals surface area contributed by atoms with E-state index in [-0.39, 0.29) is 19.3 Å². The van der Waals surface area contributed by atoms with Crippen molar-refractivity contribution < 1.29 is 75.8 Å². The summed E-state index contributed by atoms with van der Waals surface area (Å²) in [5, 5.41) is 20.5. The number of phosphoric acid groups is 2. The fraction of sp³-hybridized carbons (Fsp3) is 0.725. The number of allylic oxidation sites excluding steroid dienone is 16. The molecule has 0 saturated heterocycles. The molecule has 0 aliphatic carbocycles. The van der Waals surface area contributed by atoms with Crippen LogP contribution in [0.25, 0.3) is 0 Å². The topological polar surface area (TPSA) is 231 Å². The van der Waals surface area contributed by atoms with E-state index in [1.165, 1.54) is 64.2 Å². The van der Waals surface area contributed by atoms with Crippen LogP contribution in [0.2, 0.25) is 0 Å². The summed E-state index contributed by atoms with van der Waals surface area (Å²) in [6.07, 6.45) is 67.5. The molecule has 87 heavy (non-hydrogen) atoms. The SMILES string of the molecule is CC/C=C\C/C=C\C/C=C\C/C=C\C/C=C\C/C=C\CCCCCCC(=O)OCC(O)COP(=O)(O)OCC(O)COP(=O)(O)OCC(COC(=O)CCCCCCC/C=C\CCCCCCCC)OC(=O)CCCCCCC/C=C\CCCCCC. The van der Waals surface area contributed by atoms with Gasteiger partial charge in [-0.15, -0.1) is 0 Å². The Hall–Kier alpha value is -3.53. The molecule has 0 fully saturated rings. The molecule has 0 aromatic carbocycles. The molecule has 0 aliphatic rings. The van der Waals surface area contributed by atoms with E-state index in [1.807, 2.05) is 0 Å². The van der Waals surface area contributed by atoms with E-state index in [0.717, 1.165) is 141 Å². The van der Waals surface area contributed by atoms with E-state index in [0.29, 0.717) is 19.3 Å². The number of esters is 3. The Labute approximate surface area is 527 Å². The van der Waals surface area contributed by atoms with Gasteiger partial charge in [-0.1, -0.05) is 221 Å². The van der Waals surface area contributed by atoms with Crippen LogP contribution >= 0.6 is 15.6 Å². The summed E-state index contributed by atoms with van der Waals surface area (Å²) in [6, 6.07) is 0. The molecule has 0 amide bonds. The minimum absolute atomic E-state index is 0.0927. The van der Waals surface area contributed by atoms with Crippen molar-refractivity contribution in [3.8, 4) is 0 Å². The first-order chi connectivity index (χ1) is 42.2. The van der Waals surface area contributed by atoms with E-state index in [4.69, 9.17) is 32.3 Å². The molecular weight excluding hydrogens is 1150 g/mol. The molecular formula is C69H120O16P2. The van der Waals surface area contributed by atoms with E-state index in [9.17, 15) is 43.5 Å². The first-order valence-corrected chi connectivity index (χ1v) is 36.5. The van der Waals surface area contributed by atoms with Gasteiger partial charge in [-0.05, 0) is 122 Å². The molecule has 0 radical (unpaired) electrons. The lowest BCUT2D eigenvalue weighted by molar-refractivity contribution is -0.161. The van der Waals surface area contributed by atoms with E-state index >= 15 is 0 Å². The molecule has 0 aromatic heterocycles.